The molecule has 0 fully saturated rings. The van der Waals surface area contributed by atoms with Gasteiger partial charge in [0.15, 0.2) is 0 Å². The Balaban J connectivity index is 2.64. The summed E-state index contributed by atoms with van der Waals surface area (Å²) < 4.78 is 36.7. The molecule has 132 valence electrons. The molecule has 0 radical (unpaired) electrons. The molecule has 0 saturated carbocycles. The third-order valence-corrected chi connectivity index (χ3v) is 3.59. The van der Waals surface area contributed by atoms with E-state index < -0.39 is 23.7 Å². The topological polar surface area (TPSA) is 40.5 Å². The molecule has 2 aromatic rings. The number of aryl methyl sites for hydroxylation is 1. The van der Waals surface area contributed by atoms with Gasteiger partial charge in [0.2, 0.25) is 0 Å². The number of alkyl halides is 3. The average Bonchev–Trinajstić information content (AvgIpc) is 2.80. The fourth-order valence-electron chi connectivity index (χ4n) is 2.59. The van der Waals surface area contributed by atoms with Gasteiger partial charge >= 0.3 is 12.7 Å². The van der Waals surface area contributed by atoms with Crippen molar-refractivity contribution in [2.75, 3.05) is 0 Å². The Morgan fingerprint density at radius 3 is 2.46 bits per heavy atom. The fourth-order valence-corrected chi connectivity index (χ4v) is 2.82. The van der Waals surface area contributed by atoms with E-state index in [-0.39, 0.29) is 5.75 Å². The van der Waals surface area contributed by atoms with Crippen molar-refractivity contribution >= 4 is 28.6 Å². The zero-order chi connectivity index (χ0) is 18.2. The second-order valence-corrected chi connectivity index (χ2v) is 7.18. The number of fused-ring (bicyclic) bond motifs is 1. The molecule has 4 nitrogen and oxygen atoms in total. The summed E-state index contributed by atoms with van der Waals surface area (Å²) in [6.45, 7) is 5.72. The van der Waals surface area contributed by atoms with E-state index >= 15 is 0 Å². The van der Waals surface area contributed by atoms with Crippen LogP contribution < -0.4 is 4.74 Å². The van der Waals surface area contributed by atoms with Crippen molar-refractivity contribution in [1.82, 2.24) is 4.57 Å². The Labute approximate surface area is 144 Å². The van der Waals surface area contributed by atoms with Crippen molar-refractivity contribution in [2.24, 2.45) is 0 Å². The highest BCUT2D eigenvalue weighted by Crippen LogP contribution is 2.39. The Hall–Kier alpha value is -1.82. The molecule has 7 heteroatoms. The molecule has 1 atom stereocenters. The molecule has 0 saturated heterocycles. The summed E-state index contributed by atoms with van der Waals surface area (Å²) in [5.74, 6) is 0.0134. The minimum atomic E-state index is -2.95. The number of hydrogen-bond donors (Lipinski definition) is 0. The fraction of sp³-hybridized carbons (Fsp3) is 0.471. The molecule has 0 N–H and O–H groups in total. The van der Waals surface area contributed by atoms with E-state index in [0.29, 0.717) is 22.0 Å². The van der Waals surface area contributed by atoms with E-state index in [9.17, 15) is 13.6 Å². The number of nitrogens with zero attached hydrogens (tertiary/aromatic N) is 1. The van der Waals surface area contributed by atoms with Gasteiger partial charge in [0.25, 0.3) is 0 Å². The molecule has 0 spiro atoms. The van der Waals surface area contributed by atoms with Gasteiger partial charge in [0, 0.05) is 17.1 Å². The second-order valence-electron chi connectivity index (χ2n) is 6.53. The molecular formula is C17H20ClF2NO3. The third-order valence-electron chi connectivity index (χ3n) is 3.37. The van der Waals surface area contributed by atoms with Gasteiger partial charge in [-0.25, -0.2) is 4.79 Å². The van der Waals surface area contributed by atoms with Crippen molar-refractivity contribution in [2.45, 2.75) is 52.2 Å². The van der Waals surface area contributed by atoms with E-state index in [0.717, 1.165) is 0 Å². The van der Waals surface area contributed by atoms with Gasteiger partial charge in [-0.1, -0.05) is 0 Å². The monoisotopic (exact) mass is 359 g/mol. The van der Waals surface area contributed by atoms with Crippen molar-refractivity contribution in [3.63, 3.8) is 0 Å². The van der Waals surface area contributed by atoms with Crippen molar-refractivity contribution in [3.8, 4) is 5.75 Å². The average molecular weight is 360 g/mol. The second kappa shape index (κ2) is 6.59. The van der Waals surface area contributed by atoms with Crippen LogP contribution in [0, 0.1) is 6.92 Å². The van der Waals surface area contributed by atoms with E-state index in [2.05, 4.69) is 4.74 Å². The highest BCUT2D eigenvalue weighted by atomic mass is 35.5. The van der Waals surface area contributed by atoms with Crippen LogP contribution in [0.25, 0.3) is 10.9 Å². The van der Waals surface area contributed by atoms with Crippen LogP contribution in [0.15, 0.2) is 18.3 Å². The summed E-state index contributed by atoms with van der Waals surface area (Å²) in [5.41, 5.74) is 0.939. The number of carbonyl (C=O) groups excluding carboxylic acids is 1. The molecule has 0 amide bonds. The van der Waals surface area contributed by atoms with Crippen molar-refractivity contribution in [3.05, 3.63) is 29.5 Å². The van der Waals surface area contributed by atoms with Crippen LogP contribution in [0.3, 0.4) is 0 Å². The first-order chi connectivity index (χ1) is 11.0. The zero-order valence-electron chi connectivity index (χ0n) is 14.2. The molecule has 1 aromatic heterocycles. The van der Waals surface area contributed by atoms with Gasteiger partial charge < -0.3 is 9.47 Å². The summed E-state index contributed by atoms with van der Waals surface area (Å²) in [6.07, 6.45) is 0.997. The lowest BCUT2D eigenvalue weighted by Gasteiger charge is -2.21. The largest absolute Gasteiger partial charge is 0.443 e. The summed E-state index contributed by atoms with van der Waals surface area (Å²) in [7, 11) is 0. The minimum Gasteiger partial charge on any atom is -0.443 e. The predicted octanol–water partition coefficient (Wildman–Crippen LogP) is 5.63. The highest BCUT2D eigenvalue weighted by Gasteiger charge is 2.24. The number of aromatic nitrogens is 1. The van der Waals surface area contributed by atoms with Crippen LogP contribution in [0.1, 0.15) is 44.2 Å². The van der Waals surface area contributed by atoms with Gasteiger partial charge in [0.05, 0.1) is 10.9 Å². The van der Waals surface area contributed by atoms with Gasteiger partial charge in [0.1, 0.15) is 11.4 Å². The Morgan fingerprint density at radius 2 is 1.96 bits per heavy atom. The van der Waals surface area contributed by atoms with E-state index in [1.54, 1.807) is 46.9 Å². The summed E-state index contributed by atoms with van der Waals surface area (Å²) in [5, 5.41) is 0.00958. The summed E-state index contributed by atoms with van der Waals surface area (Å²) in [6, 6.07) is 3.11. The van der Waals surface area contributed by atoms with Crippen LogP contribution in [0.2, 0.25) is 0 Å². The lowest BCUT2D eigenvalue weighted by Crippen LogP contribution is -2.26. The van der Waals surface area contributed by atoms with Gasteiger partial charge in [-0.05, 0) is 52.3 Å². The minimum absolute atomic E-state index is 0.0134. The van der Waals surface area contributed by atoms with Crippen LogP contribution in [-0.2, 0) is 4.74 Å². The smallest absolute Gasteiger partial charge is 0.419 e. The van der Waals surface area contributed by atoms with Crippen LogP contribution in [0.4, 0.5) is 13.6 Å². The SMILES string of the molecule is Cc1cc(OC(F)F)c(C(C)Cl)c2ccn(C(=O)OC(C)(C)C)c12. The number of carbonyl (C=O) groups is 1. The van der Waals surface area contributed by atoms with Gasteiger partial charge in [-0.2, -0.15) is 8.78 Å². The first kappa shape index (κ1) is 18.5. The van der Waals surface area contributed by atoms with Crippen LogP contribution >= 0.6 is 11.6 Å². The molecule has 1 heterocycles. The zero-order valence-corrected chi connectivity index (χ0v) is 14.9. The summed E-state index contributed by atoms with van der Waals surface area (Å²) >= 11 is 6.17. The third kappa shape index (κ3) is 3.80. The molecule has 1 aromatic carbocycles. The number of hydrogen-bond acceptors (Lipinski definition) is 3. The van der Waals surface area contributed by atoms with Gasteiger partial charge in [-0.3, -0.25) is 4.57 Å². The Bertz CT molecular complexity index is 763. The molecule has 0 aliphatic rings. The maximum Gasteiger partial charge on any atom is 0.419 e. The quantitative estimate of drug-likeness (QED) is 0.666. The lowest BCUT2D eigenvalue weighted by molar-refractivity contribution is -0.0503. The van der Waals surface area contributed by atoms with E-state index in [1.165, 1.54) is 10.6 Å². The Morgan fingerprint density at radius 1 is 1.33 bits per heavy atom. The Kier molecular flexibility index (Phi) is 5.08. The maximum absolute atomic E-state index is 12.7. The van der Waals surface area contributed by atoms with Gasteiger partial charge in [-0.15, -0.1) is 11.6 Å². The number of halogens is 3. The lowest BCUT2D eigenvalue weighted by atomic mass is 10.0. The van der Waals surface area contributed by atoms with Crippen molar-refractivity contribution in [1.29, 1.82) is 0 Å². The van der Waals surface area contributed by atoms with E-state index in [1.807, 2.05) is 0 Å². The molecule has 2 rings (SSSR count). The molecule has 0 bridgehead atoms. The van der Waals surface area contributed by atoms with Crippen molar-refractivity contribution < 1.29 is 23.0 Å². The van der Waals surface area contributed by atoms with Crippen LogP contribution in [0.5, 0.6) is 5.75 Å². The number of rotatable bonds is 3. The highest BCUT2D eigenvalue weighted by molar-refractivity contribution is 6.22. The molecule has 0 aliphatic heterocycles. The number of ether oxygens (including phenoxy) is 2. The first-order valence-corrected chi connectivity index (χ1v) is 7.91. The standard InChI is InChI=1S/C17H20ClF2NO3/c1-9-8-12(23-15(19)20)13(10(2)18)11-6-7-21(14(9)11)16(22)24-17(3,4)5/h6-8,10,15H,1-5H3. The normalized spacial score (nSPS) is 13.4. The number of benzene rings is 1. The van der Waals surface area contributed by atoms with E-state index in [4.69, 9.17) is 16.3 Å². The van der Waals surface area contributed by atoms with Crippen LogP contribution in [-0.4, -0.2) is 22.9 Å². The summed E-state index contributed by atoms with van der Waals surface area (Å²) in [4.78, 5) is 12.4. The molecule has 24 heavy (non-hydrogen) atoms. The molecule has 0 aliphatic carbocycles. The maximum atomic E-state index is 12.7. The molecular weight excluding hydrogens is 340 g/mol. The first-order valence-electron chi connectivity index (χ1n) is 7.48. The predicted molar refractivity (Wildman–Crippen MR) is 89.2 cm³/mol. The molecule has 1 unspecified atom stereocenters.